The molecular weight excluding hydrogens is 410 g/mol. The Kier molecular flexibility index (Phi) is 6.08. The summed E-state index contributed by atoms with van der Waals surface area (Å²) in [6, 6.07) is 9.96. The average molecular weight is 442 g/mol. The van der Waals surface area contributed by atoms with E-state index in [0.717, 1.165) is 48.6 Å². The quantitative estimate of drug-likeness (QED) is 0.725. The third kappa shape index (κ3) is 4.77. The van der Waals surface area contributed by atoms with Crippen LogP contribution in [0.15, 0.2) is 36.4 Å². The Morgan fingerprint density at radius 2 is 1.74 bits per heavy atom. The van der Waals surface area contributed by atoms with Crippen LogP contribution in [0.4, 0.5) is 0 Å². The summed E-state index contributed by atoms with van der Waals surface area (Å²) >= 11 is 0. The molecule has 2 fully saturated rings. The smallest absolute Gasteiger partial charge is 0.244 e. The van der Waals surface area contributed by atoms with Crippen LogP contribution in [0.2, 0.25) is 0 Å². The van der Waals surface area contributed by atoms with Gasteiger partial charge in [0.25, 0.3) is 0 Å². The molecule has 3 heterocycles. The normalized spacial score (nSPS) is 23.6. The molecule has 0 aliphatic carbocycles. The van der Waals surface area contributed by atoms with E-state index in [2.05, 4.69) is 52.0 Å². The van der Waals surface area contributed by atoms with Crippen LogP contribution in [-0.4, -0.2) is 60.5 Å². The van der Waals surface area contributed by atoms with Crippen molar-refractivity contribution in [3.8, 4) is 5.69 Å². The van der Waals surface area contributed by atoms with Crippen LogP contribution in [0, 0.1) is 20.8 Å². The van der Waals surface area contributed by atoms with Crippen LogP contribution in [0.1, 0.15) is 35.4 Å². The Balaban J connectivity index is 1.48. The summed E-state index contributed by atoms with van der Waals surface area (Å²) in [6.07, 6.45) is 5.52. The number of hydrogen-bond acceptors (Lipinski definition) is 4. The summed E-state index contributed by atoms with van der Waals surface area (Å²) in [4.78, 5) is 14.9. The maximum atomic E-state index is 12.6. The molecule has 0 spiro atoms. The Morgan fingerprint density at radius 1 is 1.06 bits per heavy atom. The summed E-state index contributed by atoms with van der Waals surface area (Å²) < 4.78 is 26.6. The van der Waals surface area contributed by atoms with E-state index in [4.69, 9.17) is 0 Å². The van der Waals surface area contributed by atoms with Crippen LogP contribution in [0.3, 0.4) is 0 Å². The van der Waals surface area contributed by atoms with Gasteiger partial charge in [-0.15, -0.1) is 0 Å². The first-order chi connectivity index (χ1) is 14.7. The maximum absolute atomic E-state index is 12.6. The molecule has 1 amide bonds. The van der Waals surface area contributed by atoms with Gasteiger partial charge in [-0.25, -0.2) is 8.42 Å². The van der Waals surface area contributed by atoms with Crippen LogP contribution < -0.4 is 5.32 Å². The average Bonchev–Trinajstić information content (AvgIpc) is 3.40. The zero-order valence-electron chi connectivity index (χ0n) is 18.5. The highest BCUT2D eigenvalue weighted by molar-refractivity contribution is 7.91. The van der Waals surface area contributed by atoms with E-state index < -0.39 is 9.84 Å². The third-order valence-electron chi connectivity index (χ3n) is 6.44. The third-order valence-corrected chi connectivity index (χ3v) is 8.15. The van der Waals surface area contributed by atoms with Crippen molar-refractivity contribution >= 4 is 21.8 Å². The number of sulfone groups is 1. The zero-order chi connectivity index (χ0) is 22.2. The maximum Gasteiger partial charge on any atom is 0.244 e. The lowest BCUT2D eigenvalue weighted by Gasteiger charge is -2.28. The minimum atomic E-state index is -3.12. The van der Waals surface area contributed by atoms with Crippen molar-refractivity contribution < 1.29 is 13.2 Å². The van der Waals surface area contributed by atoms with E-state index in [9.17, 15) is 13.2 Å². The SMILES string of the molecule is Cc1ccc(-n2c(C)cc(/C=C/C(=O)NC3CS(=O)(=O)CC3N3CCCC3)c2C)cc1. The Hall–Kier alpha value is -2.38. The lowest BCUT2D eigenvalue weighted by atomic mass is 10.1. The largest absolute Gasteiger partial charge is 0.347 e. The van der Waals surface area contributed by atoms with Gasteiger partial charge in [-0.3, -0.25) is 9.69 Å². The van der Waals surface area contributed by atoms with E-state index in [1.807, 2.05) is 19.9 Å². The number of likely N-dealkylation sites (tertiary alicyclic amines) is 1. The molecule has 0 radical (unpaired) electrons. The number of hydrogen-bond donors (Lipinski definition) is 1. The van der Waals surface area contributed by atoms with Gasteiger partial charge in [0.2, 0.25) is 5.91 Å². The first-order valence-electron chi connectivity index (χ1n) is 10.9. The van der Waals surface area contributed by atoms with Crippen LogP contribution in [-0.2, 0) is 14.6 Å². The van der Waals surface area contributed by atoms with Gasteiger partial charge in [-0.2, -0.15) is 0 Å². The number of aromatic nitrogens is 1. The van der Waals surface area contributed by atoms with E-state index in [1.165, 1.54) is 11.6 Å². The van der Waals surface area contributed by atoms with Crippen molar-refractivity contribution in [3.63, 3.8) is 0 Å². The van der Waals surface area contributed by atoms with E-state index in [1.54, 1.807) is 0 Å². The predicted molar refractivity (Wildman–Crippen MR) is 124 cm³/mol. The molecule has 31 heavy (non-hydrogen) atoms. The molecule has 2 saturated heterocycles. The summed E-state index contributed by atoms with van der Waals surface area (Å²) in [5.74, 6) is -0.0823. The number of nitrogens with zero attached hydrogens (tertiary/aromatic N) is 2. The number of nitrogens with one attached hydrogen (secondary N) is 1. The van der Waals surface area contributed by atoms with Gasteiger partial charge in [-0.1, -0.05) is 17.7 Å². The molecule has 4 rings (SSSR count). The summed E-state index contributed by atoms with van der Waals surface area (Å²) in [7, 11) is -3.12. The predicted octanol–water partition coefficient (Wildman–Crippen LogP) is 2.79. The van der Waals surface area contributed by atoms with Crippen LogP contribution >= 0.6 is 0 Å². The molecule has 1 aromatic heterocycles. The number of amides is 1. The summed E-state index contributed by atoms with van der Waals surface area (Å²) in [5.41, 5.74) is 5.43. The van der Waals surface area contributed by atoms with Crippen LogP contribution in [0.5, 0.6) is 0 Å². The molecule has 166 valence electrons. The van der Waals surface area contributed by atoms with Crippen molar-refractivity contribution in [3.05, 3.63) is 58.9 Å². The number of benzene rings is 1. The molecule has 2 atom stereocenters. The van der Waals surface area contributed by atoms with Crippen molar-refractivity contribution in [2.24, 2.45) is 0 Å². The molecule has 2 aliphatic heterocycles. The monoisotopic (exact) mass is 441 g/mol. The second kappa shape index (κ2) is 8.63. The van der Waals surface area contributed by atoms with Crippen molar-refractivity contribution in [2.45, 2.75) is 45.7 Å². The molecule has 2 aromatic rings. The Labute approximate surface area is 184 Å². The van der Waals surface area contributed by atoms with Gasteiger partial charge in [0.1, 0.15) is 0 Å². The van der Waals surface area contributed by atoms with Gasteiger partial charge in [-0.05, 0) is 76.5 Å². The molecule has 2 aliphatic rings. The zero-order valence-corrected chi connectivity index (χ0v) is 19.3. The van der Waals surface area contributed by atoms with E-state index in [0.29, 0.717) is 0 Å². The fourth-order valence-electron chi connectivity index (χ4n) is 4.84. The lowest BCUT2D eigenvalue weighted by Crippen LogP contribution is -2.49. The minimum absolute atomic E-state index is 0.0235. The number of carbonyl (C=O) groups is 1. The first kappa shape index (κ1) is 21.8. The number of carbonyl (C=O) groups excluding carboxylic acids is 1. The Morgan fingerprint density at radius 3 is 2.42 bits per heavy atom. The molecule has 1 N–H and O–H groups in total. The Bertz CT molecular complexity index is 1090. The molecule has 6 nitrogen and oxygen atoms in total. The van der Waals surface area contributed by atoms with Gasteiger partial charge >= 0.3 is 0 Å². The fraction of sp³-hybridized carbons (Fsp3) is 0.458. The fourth-order valence-corrected chi connectivity index (χ4v) is 6.80. The lowest BCUT2D eigenvalue weighted by molar-refractivity contribution is -0.117. The number of rotatable bonds is 5. The number of aryl methyl sites for hydroxylation is 2. The van der Waals surface area contributed by atoms with Crippen molar-refractivity contribution in [1.82, 2.24) is 14.8 Å². The molecule has 1 aromatic carbocycles. The topological polar surface area (TPSA) is 71.4 Å². The molecule has 7 heteroatoms. The highest BCUT2D eigenvalue weighted by atomic mass is 32.2. The minimum Gasteiger partial charge on any atom is -0.347 e. The first-order valence-corrected chi connectivity index (χ1v) is 12.7. The van der Waals surface area contributed by atoms with Crippen LogP contribution in [0.25, 0.3) is 11.8 Å². The molecular formula is C24H31N3O3S. The molecule has 0 bridgehead atoms. The van der Waals surface area contributed by atoms with Gasteiger partial charge in [0.05, 0.1) is 17.5 Å². The highest BCUT2D eigenvalue weighted by Gasteiger charge is 2.42. The highest BCUT2D eigenvalue weighted by Crippen LogP contribution is 2.24. The molecule has 0 saturated carbocycles. The summed E-state index contributed by atoms with van der Waals surface area (Å²) in [5, 5.41) is 2.96. The van der Waals surface area contributed by atoms with Gasteiger partial charge in [0, 0.05) is 29.2 Å². The van der Waals surface area contributed by atoms with Gasteiger partial charge in [0.15, 0.2) is 9.84 Å². The summed E-state index contributed by atoms with van der Waals surface area (Å²) in [6.45, 7) is 7.97. The van der Waals surface area contributed by atoms with Gasteiger partial charge < -0.3 is 9.88 Å². The van der Waals surface area contributed by atoms with Crippen molar-refractivity contribution in [1.29, 1.82) is 0 Å². The van der Waals surface area contributed by atoms with E-state index in [-0.39, 0.29) is 29.5 Å². The standard InChI is InChI=1S/C24H31N3O3S/c1-17-6-9-21(10-7-17)27-18(2)14-20(19(27)3)8-11-24(28)25-22-15-31(29,30)16-23(22)26-12-4-5-13-26/h6-11,14,22-23H,4-5,12-13,15-16H2,1-3H3,(H,25,28)/b11-8+. The second-order valence-electron chi connectivity index (χ2n) is 8.83. The molecule has 2 unspecified atom stereocenters. The van der Waals surface area contributed by atoms with Crippen molar-refractivity contribution in [2.75, 3.05) is 24.6 Å². The second-order valence-corrected chi connectivity index (χ2v) is 11.0. The van der Waals surface area contributed by atoms with E-state index >= 15 is 0 Å².